The molecule has 0 aliphatic carbocycles. The molecule has 404 valence electrons. The summed E-state index contributed by atoms with van der Waals surface area (Å²) in [6.07, 6.45) is 79.3. The molecule has 0 saturated heterocycles. The van der Waals surface area contributed by atoms with Crippen molar-refractivity contribution in [1.82, 2.24) is 0 Å². The smallest absolute Gasteiger partial charge is 0.306 e. The largest absolute Gasteiger partial charge is 0.462 e. The Bertz CT molecular complexity index is 1460. The van der Waals surface area contributed by atoms with Crippen LogP contribution in [0.2, 0.25) is 0 Å². The van der Waals surface area contributed by atoms with Gasteiger partial charge in [-0.25, -0.2) is 0 Å². The number of carbonyl (C=O) groups excluding carboxylic acids is 3. The first-order valence-corrected chi connectivity index (χ1v) is 29.4. The highest BCUT2D eigenvalue weighted by molar-refractivity contribution is 5.71. The van der Waals surface area contributed by atoms with Crippen LogP contribution in [0, 0.1) is 0 Å². The summed E-state index contributed by atoms with van der Waals surface area (Å²) < 4.78 is 16.8. The molecule has 0 aromatic heterocycles. The first-order valence-electron chi connectivity index (χ1n) is 29.4. The molecule has 0 aromatic rings. The summed E-state index contributed by atoms with van der Waals surface area (Å²) in [5, 5.41) is 0. The number of ether oxygens (including phenoxy) is 3. The summed E-state index contributed by atoms with van der Waals surface area (Å²) in [6, 6.07) is 0. The Kier molecular flexibility index (Phi) is 55.4. The van der Waals surface area contributed by atoms with Gasteiger partial charge in [-0.1, -0.05) is 226 Å². The van der Waals surface area contributed by atoms with E-state index in [0.717, 1.165) is 135 Å². The lowest BCUT2D eigenvalue weighted by atomic mass is 10.1. The molecule has 0 saturated carbocycles. The highest BCUT2D eigenvalue weighted by Crippen LogP contribution is 2.14. The first kappa shape index (κ1) is 67.1. The lowest BCUT2D eigenvalue weighted by Crippen LogP contribution is -2.30. The average Bonchev–Trinajstić information content (AvgIpc) is 3.37. The number of carbonyl (C=O) groups is 3. The number of unbranched alkanes of at least 4 members (excludes halogenated alkanes) is 23. The van der Waals surface area contributed by atoms with E-state index in [1.54, 1.807) is 0 Å². The van der Waals surface area contributed by atoms with E-state index in [1.165, 1.54) is 89.9 Å². The molecule has 0 N–H and O–H groups in total. The Morgan fingerprint density at radius 3 is 0.873 bits per heavy atom. The Morgan fingerprint density at radius 2 is 0.549 bits per heavy atom. The van der Waals surface area contributed by atoms with E-state index in [4.69, 9.17) is 14.2 Å². The minimum atomic E-state index is -0.805. The van der Waals surface area contributed by atoms with Crippen molar-refractivity contribution in [2.45, 2.75) is 271 Å². The summed E-state index contributed by atoms with van der Waals surface area (Å²) in [6.45, 7) is 6.45. The van der Waals surface area contributed by atoms with Crippen molar-refractivity contribution >= 4 is 17.9 Å². The molecule has 0 aromatic carbocycles. The molecule has 0 radical (unpaired) electrons. The summed E-state index contributed by atoms with van der Waals surface area (Å²) in [5.74, 6) is -0.952. The van der Waals surface area contributed by atoms with Gasteiger partial charge in [0.05, 0.1) is 0 Å². The Labute approximate surface area is 438 Å². The van der Waals surface area contributed by atoms with Crippen LogP contribution in [0.4, 0.5) is 0 Å². The molecule has 0 aliphatic heterocycles. The van der Waals surface area contributed by atoms with Crippen LogP contribution >= 0.6 is 0 Å². The van der Waals surface area contributed by atoms with Crippen molar-refractivity contribution in [3.63, 3.8) is 0 Å². The normalized spacial score (nSPS) is 12.9. The topological polar surface area (TPSA) is 78.9 Å². The Hall–Kier alpha value is -3.93. The van der Waals surface area contributed by atoms with Gasteiger partial charge in [0.1, 0.15) is 13.2 Å². The molecule has 0 fully saturated rings. The predicted molar refractivity (Wildman–Crippen MR) is 307 cm³/mol. The highest BCUT2D eigenvalue weighted by atomic mass is 16.6. The van der Waals surface area contributed by atoms with Crippen LogP contribution in [0.15, 0.2) is 109 Å². The van der Waals surface area contributed by atoms with Crippen molar-refractivity contribution < 1.29 is 28.6 Å². The number of hydrogen-bond donors (Lipinski definition) is 0. The number of esters is 3. The third kappa shape index (κ3) is 56.9. The standard InChI is InChI=1S/C65H108O6/c1-4-7-10-13-16-19-22-25-28-31-33-35-37-40-43-46-49-52-55-58-64(67)70-61-62(60-69-63(66)57-54-51-48-45-42-39-36-30-27-24-21-18-15-12-9-6-3)71-65(68)59-56-53-50-47-44-41-38-34-32-29-26-23-20-17-14-11-8-5-2/h7,10,16,19-21,23-25,28-30,32-33,35-36,40,43,62H,4-6,8-9,11-15,17-18,22,26-27,31,34,37-39,41-42,44-61H2,1-3H3/b10-7-,19-16-,23-20-,24-21-,28-25-,32-29-,35-33-,36-30-,43-40-. The molecule has 71 heavy (non-hydrogen) atoms. The minimum absolute atomic E-state index is 0.101. The van der Waals surface area contributed by atoms with Crippen molar-refractivity contribution in [3.05, 3.63) is 109 Å². The van der Waals surface area contributed by atoms with Crippen LogP contribution in [0.5, 0.6) is 0 Å². The van der Waals surface area contributed by atoms with Gasteiger partial charge in [-0.2, -0.15) is 0 Å². The van der Waals surface area contributed by atoms with E-state index in [0.29, 0.717) is 19.3 Å². The molecular weight excluding hydrogens is 877 g/mol. The first-order chi connectivity index (χ1) is 35.0. The summed E-state index contributed by atoms with van der Waals surface area (Å²) in [4.78, 5) is 38.2. The maximum Gasteiger partial charge on any atom is 0.306 e. The zero-order valence-corrected chi connectivity index (χ0v) is 46.2. The van der Waals surface area contributed by atoms with Crippen LogP contribution < -0.4 is 0 Å². The van der Waals surface area contributed by atoms with E-state index in [9.17, 15) is 14.4 Å². The monoisotopic (exact) mass is 985 g/mol. The molecule has 0 heterocycles. The third-order valence-corrected chi connectivity index (χ3v) is 12.2. The summed E-state index contributed by atoms with van der Waals surface area (Å²) in [7, 11) is 0. The van der Waals surface area contributed by atoms with Crippen LogP contribution in [0.1, 0.15) is 265 Å². The molecule has 1 atom stereocenters. The second kappa shape index (κ2) is 58.6. The van der Waals surface area contributed by atoms with Gasteiger partial charge in [-0.05, 0) is 128 Å². The minimum Gasteiger partial charge on any atom is -0.462 e. The van der Waals surface area contributed by atoms with Crippen LogP contribution in [0.3, 0.4) is 0 Å². The maximum absolute atomic E-state index is 12.9. The van der Waals surface area contributed by atoms with Crippen molar-refractivity contribution in [1.29, 1.82) is 0 Å². The molecule has 0 bridgehead atoms. The van der Waals surface area contributed by atoms with E-state index in [2.05, 4.69) is 130 Å². The quantitative estimate of drug-likeness (QED) is 0.0261. The van der Waals surface area contributed by atoms with Crippen molar-refractivity contribution in [2.75, 3.05) is 13.2 Å². The number of hydrogen-bond acceptors (Lipinski definition) is 6. The molecule has 0 amide bonds. The molecular formula is C65H108O6. The Balaban J connectivity index is 4.50. The molecule has 0 aliphatic rings. The van der Waals surface area contributed by atoms with Gasteiger partial charge < -0.3 is 14.2 Å². The second-order valence-corrected chi connectivity index (χ2v) is 19.2. The van der Waals surface area contributed by atoms with Crippen molar-refractivity contribution in [2.24, 2.45) is 0 Å². The zero-order valence-electron chi connectivity index (χ0n) is 46.2. The van der Waals surface area contributed by atoms with Gasteiger partial charge in [0.25, 0.3) is 0 Å². The van der Waals surface area contributed by atoms with E-state index in [1.807, 2.05) is 0 Å². The third-order valence-electron chi connectivity index (χ3n) is 12.2. The van der Waals surface area contributed by atoms with Gasteiger partial charge in [0.2, 0.25) is 0 Å². The fourth-order valence-corrected chi connectivity index (χ4v) is 7.82. The average molecular weight is 986 g/mol. The number of allylic oxidation sites excluding steroid dienone is 18. The molecule has 1 unspecified atom stereocenters. The zero-order chi connectivity index (χ0) is 51.4. The van der Waals surface area contributed by atoms with Gasteiger partial charge in [0, 0.05) is 19.3 Å². The maximum atomic E-state index is 12.9. The molecule has 0 rings (SSSR count). The van der Waals surface area contributed by atoms with Gasteiger partial charge in [-0.3, -0.25) is 14.4 Å². The van der Waals surface area contributed by atoms with Crippen molar-refractivity contribution in [3.8, 4) is 0 Å². The fourth-order valence-electron chi connectivity index (χ4n) is 7.82. The second-order valence-electron chi connectivity index (χ2n) is 19.2. The van der Waals surface area contributed by atoms with E-state index in [-0.39, 0.29) is 31.1 Å². The van der Waals surface area contributed by atoms with Gasteiger partial charge >= 0.3 is 17.9 Å². The molecule has 6 heteroatoms. The Morgan fingerprint density at radius 1 is 0.296 bits per heavy atom. The van der Waals surface area contributed by atoms with E-state index < -0.39 is 6.10 Å². The van der Waals surface area contributed by atoms with Crippen LogP contribution in [-0.4, -0.2) is 37.2 Å². The van der Waals surface area contributed by atoms with Gasteiger partial charge in [0.15, 0.2) is 6.10 Å². The van der Waals surface area contributed by atoms with Crippen LogP contribution in [-0.2, 0) is 28.6 Å². The lowest BCUT2D eigenvalue weighted by molar-refractivity contribution is -0.167. The predicted octanol–water partition coefficient (Wildman–Crippen LogP) is 19.9. The van der Waals surface area contributed by atoms with E-state index >= 15 is 0 Å². The number of rotatable bonds is 52. The summed E-state index contributed by atoms with van der Waals surface area (Å²) >= 11 is 0. The van der Waals surface area contributed by atoms with Crippen LogP contribution in [0.25, 0.3) is 0 Å². The van der Waals surface area contributed by atoms with Gasteiger partial charge in [-0.15, -0.1) is 0 Å². The molecule has 0 spiro atoms. The molecule has 6 nitrogen and oxygen atoms in total. The highest BCUT2D eigenvalue weighted by Gasteiger charge is 2.19. The summed E-state index contributed by atoms with van der Waals surface area (Å²) in [5.41, 5.74) is 0. The fraction of sp³-hybridized carbons (Fsp3) is 0.677. The lowest BCUT2D eigenvalue weighted by Gasteiger charge is -2.18. The SMILES string of the molecule is CC/C=C\C/C=C\C/C=C\C/C=C\C/C=C\CCCCCC(=O)OCC(COC(=O)CCCCCCC/C=C\C/C=C\CCCCCC)OC(=O)CCCCCCCCC/C=C\C/C=C\CCCCCC.